The van der Waals surface area contributed by atoms with Gasteiger partial charge in [0.1, 0.15) is 5.75 Å². The lowest BCUT2D eigenvalue weighted by Gasteiger charge is -2.43. The van der Waals surface area contributed by atoms with E-state index in [2.05, 4.69) is 15.9 Å². The molecule has 0 aromatic heterocycles. The van der Waals surface area contributed by atoms with E-state index in [1.54, 1.807) is 7.11 Å². The maximum atomic E-state index is 6.24. The van der Waals surface area contributed by atoms with Crippen molar-refractivity contribution in [2.45, 2.75) is 38.1 Å². The molecule has 4 aliphatic rings. The first kappa shape index (κ1) is 16.3. The number of benzene rings is 1. The minimum absolute atomic E-state index is 0.791. The van der Waals surface area contributed by atoms with Crippen LogP contribution in [-0.4, -0.2) is 44.2 Å². The summed E-state index contributed by atoms with van der Waals surface area (Å²) in [6, 6.07) is 6.83. The van der Waals surface area contributed by atoms with Crippen LogP contribution in [0.3, 0.4) is 0 Å². The second kappa shape index (κ2) is 6.35. The number of hydrogen-bond donors (Lipinski definition) is 0. The molecule has 0 N–H and O–H groups in total. The van der Waals surface area contributed by atoms with Crippen molar-refractivity contribution in [1.29, 1.82) is 0 Å². The topological polar surface area (TPSA) is 15.7 Å². The molecule has 1 aromatic carbocycles. The molecule has 0 spiro atoms. The smallest absolute Gasteiger partial charge is 0.142 e. The first-order valence-electron chi connectivity index (χ1n) is 10.1. The summed E-state index contributed by atoms with van der Waals surface area (Å²) in [6.07, 6.45) is 7.58. The molecule has 3 nitrogen and oxygen atoms in total. The first-order valence-corrected chi connectivity index (χ1v) is 10.4. The molecule has 3 aliphatic carbocycles. The second-order valence-electron chi connectivity index (χ2n) is 8.66. The van der Waals surface area contributed by atoms with Crippen LogP contribution in [0.5, 0.6) is 5.75 Å². The zero-order valence-corrected chi connectivity index (χ0v) is 15.9. The van der Waals surface area contributed by atoms with Gasteiger partial charge in [0, 0.05) is 37.2 Å². The average Bonchev–Trinajstić information content (AvgIpc) is 2.80. The number of fused-ring (bicyclic) bond motifs is 2. The van der Waals surface area contributed by atoms with E-state index in [1.807, 2.05) is 12.1 Å². The van der Waals surface area contributed by atoms with Crippen LogP contribution >= 0.6 is 11.6 Å². The van der Waals surface area contributed by atoms with Crippen molar-refractivity contribution in [2.24, 2.45) is 23.7 Å². The van der Waals surface area contributed by atoms with Gasteiger partial charge in [-0.3, -0.25) is 4.90 Å². The number of methoxy groups -OCH3 is 1. The van der Waals surface area contributed by atoms with Gasteiger partial charge in [-0.2, -0.15) is 0 Å². The summed E-state index contributed by atoms with van der Waals surface area (Å²) >= 11 is 6.24. The highest BCUT2D eigenvalue weighted by Gasteiger charge is 2.52. The third-order valence-corrected chi connectivity index (χ3v) is 7.77. The molecule has 1 heterocycles. The molecular formula is C21H29ClN2O. The Morgan fingerprint density at radius 3 is 2.60 bits per heavy atom. The molecule has 5 unspecified atom stereocenters. The summed E-state index contributed by atoms with van der Waals surface area (Å²) < 4.78 is 5.56. The van der Waals surface area contributed by atoms with Gasteiger partial charge >= 0.3 is 0 Å². The number of ether oxygens (including phenoxy) is 1. The van der Waals surface area contributed by atoms with Crippen LogP contribution in [0, 0.1) is 23.7 Å². The fourth-order valence-electron chi connectivity index (χ4n) is 6.60. The van der Waals surface area contributed by atoms with Crippen LogP contribution in [0.25, 0.3) is 0 Å². The van der Waals surface area contributed by atoms with E-state index < -0.39 is 0 Å². The van der Waals surface area contributed by atoms with Crippen molar-refractivity contribution in [3.05, 3.63) is 23.2 Å². The lowest BCUT2D eigenvalue weighted by Crippen LogP contribution is -2.53. The highest BCUT2D eigenvalue weighted by atomic mass is 35.5. The van der Waals surface area contributed by atoms with Gasteiger partial charge < -0.3 is 9.64 Å². The summed E-state index contributed by atoms with van der Waals surface area (Å²) in [5.74, 6) is 5.03. The van der Waals surface area contributed by atoms with E-state index in [1.165, 1.54) is 45.2 Å². The molecule has 5 atom stereocenters. The van der Waals surface area contributed by atoms with Crippen molar-refractivity contribution in [3.63, 3.8) is 0 Å². The summed E-state index contributed by atoms with van der Waals surface area (Å²) in [4.78, 5) is 5.30. The Bertz CT molecular complexity index is 643. The van der Waals surface area contributed by atoms with Crippen molar-refractivity contribution in [2.75, 3.05) is 38.2 Å². The van der Waals surface area contributed by atoms with E-state index in [-0.39, 0.29) is 0 Å². The normalized spacial score (nSPS) is 37.5. The molecule has 4 fully saturated rings. The fourth-order valence-corrected chi connectivity index (χ4v) is 6.77. The Balaban J connectivity index is 1.30. The average molecular weight is 361 g/mol. The molecule has 1 aliphatic heterocycles. The molecule has 3 saturated carbocycles. The molecule has 1 saturated heterocycles. The predicted molar refractivity (Wildman–Crippen MR) is 103 cm³/mol. The van der Waals surface area contributed by atoms with Crippen LogP contribution in [0.1, 0.15) is 32.1 Å². The van der Waals surface area contributed by atoms with Gasteiger partial charge in [0.05, 0.1) is 12.8 Å². The molecule has 0 radical (unpaired) electrons. The Labute approximate surface area is 156 Å². The molecule has 0 amide bonds. The molecule has 136 valence electrons. The minimum Gasteiger partial charge on any atom is -0.495 e. The van der Waals surface area contributed by atoms with E-state index in [0.29, 0.717) is 0 Å². The number of anilines is 1. The van der Waals surface area contributed by atoms with E-state index >= 15 is 0 Å². The zero-order chi connectivity index (χ0) is 17.0. The maximum Gasteiger partial charge on any atom is 0.142 e. The lowest BCUT2D eigenvalue weighted by molar-refractivity contribution is 0.113. The summed E-state index contributed by atoms with van der Waals surface area (Å²) in [6.45, 7) is 4.54. The van der Waals surface area contributed by atoms with Crippen LogP contribution in [-0.2, 0) is 0 Å². The van der Waals surface area contributed by atoms with Crippen molar-refractivity contribution in [3.8, 4) is 5.75 Å². The van der Waals surface area contributed by atoms with Gasteiger partial charge in [-0.25, -0.2) is 0 Å². The number of nitrogens with zero attached hydrogens (tertiary/aromatic N) is 2. The maximum absolute atomic E-state index is 6.24. The number of piperazine rings is 1. The molecule has 25 heavy (non-hydrogen) atoms. The Morgan fingerprint density at radius 1 is 1.00 bits per heavy atom. The fraction of sp³-hybridized carbons (Fsp3) is 0.714. The van der Waals surface area contributed by atoms with Gasteiger partial charge in [0.2, 0.25) is 0 Å². The first-order chi connectivity index (χ1) is 12.2. The quantitative estimate of drug-likeness (QED) is 0.799. The Hall–Kier alpha value is -0.930. The lowest BCUT2D eigenvalue weighted by atomic mass is 9.72. The van der Waals surface area contributed by atoms with E-state index in [0.717, 1.165) is 59.3 Å². The van der Waals surface area contributed by atoms with Crippen molar-refractivity contribution in [1.82, 2.24) is 4.90 Å². The van der Waals surface area contributed by atoms with Crippen LogP contribution < -0.4 is 9.64 Å². The second-order valence-corrected chi connectivity index (χ2v) is 9.10. The largest absolute Gasteiger partial charge is 0.495 e. The van der Waals surface area contributed by atoms with Gasteiger partial charge in [-0.05, 0) is 67.6 Å². The van der Waals surface area contributed by atoms with Gasteiger partial charge in [-0.1, -0.05) is 18.0 Å². The van der Waals surface area contributed by atoms with Crippen molar-refractivity contribution >= 4 is 17.3 Å². The highest BCUT2D eigenvalue weighted by Crippen LogP contribution is 2.56. The van der Waals surface area contributed by atoms with Crippen LogP contribution in [0.4, 0.5) is 5.69 Å². The molecule has 3 bridgehead atoms. The number of hydrogen-bond acceptors (Lipinski definition) is 3. The van der Waals surface area contributed by atoms with Gasteiger partial charge in [0.25, 0.3) is 0 Å². The number of halogens is 1. The van der Waals surface area contributed by atoms with Crippen LogP contribution in [0.15, 0.2) is 18.2 Å². The monoisotopic (exact) mass is 360 g/mol. The third-order valence-electron chi connectivity index (χ3n) is 7.53. The van der Waals surface area contributed by atoms with Crippen molar-refractivity contribution < 1.29 is 4.74 Å². The standard InChI is InChI=1S/C21H29ClN2O/c1-25-20-5-3-17(22)13-19(20)23-6-8-24(9-7-23)21-16-11-14-2-4-18(21)15(10-14)12-16/h3,5,13-16,18,21H,2,4,6-12H2,1H3. The molecule has 1 aromatic rings. The summed E-state index contributed by atoms with van der Waals surface area (Å²) in [5.41, 5.74) is 1.15. The summed E-state index contributed by atoms with van der Waals surface area (Å²) in [7, 11) is 1.75. The van der Waals surface area contributed by atoms with Crippen LogP contribution in [0.2, 0.25) is 5.02 Å². The number of rotatable bonds is 3. The van der Waals surface area contributed by atoms with Gasteiger partial charge in [0.15, 0.2) is 0 Å². The minimum atomic E-state index is 0.791. The summed E-state index contributed by atoms with van der Waals surface area (Å²) in [5, 5.41) is 0.791. The SMILES string of the molecule is COc1ccc(Cl)cc1N1CCN(C2C3CC4CCC2C(C4)C3)CC1. The van der Waals surface area contributed by atoms with Gasteiger partial charge in [-0.15, -0.1) is 0 Å². The third kappa shape index (κ3) is 2.75. The highest BCUT2D eigenvalue weighted by molar-refractivity contribution is 6.30. The Kier molecular flexibility index (Phi) is 4.13. The molecule has 5 rings (SSSR count). The van der Waals surface area contributed by atoms with E-state index in [4.69, 9.17) is 16.3 Å². The zero-order valence-electron chi connectivity index (χ0n) is 15.2. The molecular weight excluding hydrogens is 332 g/mol. The Morgan fingerprint density at radius 2 is 1.80 bits per heavy atom. The predicted octanol–water partition coefficient (Wildman–Crippen LogP) is 4.30. The molecule has 4 heteroatoms. The van der Waals surface area contributed by atoms with E-state index in [9.17, 15) is 0 Å².